The first-order valence-electron chi connectivity index (χ1n) is 7.78. The lowest BCUT2D eigenvalue weighted by molar-refractivity contribution is 0.0931. The van der Waals surface area contributed by atoms with Gasteiger partial charge in [0.05, 0.1) is 6.04 Å². The lowest BCUT2D eigenvalue weighted by Crippen LogP contribution is -2.30. The second-order valence-electron chi connectivity index (χ2n) is 6.14. The highest BCUT2D eigenvalue weighted by atomic mass is 16.1. The number of amides is 1. The summed E-state index contributed by atoms with van der Waals surface area (Å²) in [6.45, 7) is 0. The number of carbonyl (C=O) groups is 1. The Kier molecular flexibility index (Phi) is 4.14. The Balaban J connectivity index is 1.78. The lowest BCUT2D eigenvalue weighted by Gasteiger charge is -2.19. The number of hydrogen-bond acceptors (Lipinski definition) is 2. The SMILES string of the molecule is CN(C)c1cccc(C(=O)NC(c2ccccc2)C2CC2)c1. The maximum atomic E-state index is 12.6. The van der Waals surface area contributed by atoms with Crippen molar-refractivity contribution in [3.63, 3.8) is 0 Å². The summed E-state index contributed by atoms with van der Waals surface area (Å²) >= 11 is 0. The molecule has 1 saturated carbocycles. The second-order valence-corrected chi connectivity index (χ2v) is 6.14. The second kappa shape index (κ2) is 6.22. The zero-order valence-electron chi connectivity index (χ0n) is 13.1. The van der Waals surface area contributed by atoms with Crippen LogP contribution in [0.3, 0.4) is 0 Å². The van der Waals surface area contributed by atoms with Crippen LogP contribution < -0.4 is 10.2 Å². The van der Waals surface area contributed by atoms with E-state index in [1.54, 1.807) is 0 Å². The van der Waals surface area contributed by atoms with Crippen LogP contribution in [0.5, 0.6) is 0 Å². The first-order valence-corrected chi connectivity index (χ1v) is 7.78. The molecule has 3 rings (SSSR count). The van der Waals surface area contributed by atoms with Gasteiger partial charge in [0.15, 0.2) is 0 Å². The van der Waals surface area contributed by atoms with Gasteiger partial charge >= 0.3 is 0 Å². The van der Waals surface area contributed by atoms with Crippen LogP contribution in [0.2, 0.25) is 0 Å². The maximum absolute atomic E-state index is 12.6. The Morgan fingerprint density at radius 3 is 2.45 bits per heavy atom. The molecule has 2 aromatic carbocycles. The first kappa shape index (κ1) is 14.6. The van der Waals surface area contributed by atoms with E-state index < -0.39 is 0 Å². The molecule has 2 aromatic rings. The first-order chi connectivity index (χ1) is 10.6. The summed E-state index contributed by atoms with van der Waals surface area (Å²) in [7, 11) is 3.96. The van der Waals surface area contributed by atoms with Crippen molar-refractivity contribution in [2.45, 2.75) is 18.9 Å². The predicted octanol–water partition coefficient (Wildman–Crippen LogP) is 3.63. The monoisotopic (exact) mass is 294 g/mol. The average molecular weight is 294 g/mol. The smallest absolute Gasteiger partial charge is 0.251 e. The molecule has 1 unspecified atom stereocenters. The van der Waals surface area contributed by atoms with Gasteiger partial charge in [-0.1, -0.05) is 36.4 Å². The zero-order chi connectivity index (χ0) is 15.5. The van der Waals surface area contributed by atoms with Crippen LogP contribution in [-0.4, -0.2) is 20.0 Å². The van der Waals surface area contributed by atoms with E-state index in [0.717, 1.165) is 5.69 Å². The molecule has 3 nitrogen and oxygen atoms in total. The molecule has 0 aromatic heterocycles. The maximum Gasteiger partial charge on any atom is 0.251 e. The highest BCUT2D eigenvalue weighted by molar-refractivity contribution is 5.95. The van der Waals surface area contributed by atoms with Gasteiger partial charge in [0, 0.05) is 25.3 Å². The van der Waals surface area contributed by atoms with Gasteiger partial charge < -0.3 is 10.2 Å². The summed E-state index contributed by atoms with van der Waals surface area (Å²) in [5.41, 5.74) is 2.95. The van der Waals surface area contributed by atoms with Gasteiger partial charge in [-0.05, 0) is 42.5 Å². The van der Waals surface area contributed by atoms with Gasteiger partial charge in [-0.25, -0.2) is 0 Å². The molecule has 3 heteroatoms. The molecule has 1 aliphatic rings. The Morgan fingerprint density at radius 2 is 1.82 bits per heavy atom. The van der Waals surface area contributed by atoms with Crippen LogP contribution in [0.25, 0.3) is 0 Å². The van der Waals surface area contributed by atoms with Crippen LogP contribution in [0.15, 0.2) is 54.6 Å². The largest absolute Gasteiger partial charge is 0.378 e. The molecule has 1 fully saturated rings. The zero-order valence-corrected chi connectivity index (χ0v) is 13.1. The average Bonchev–Trinajstić information content (AvgIpc) is 3.38. The van der Waals surface area contributed by atoms with Gasteiger partial charge in [0.2, 0.25) is 0 Å². The summed E-state index contributed by atoms with van der Waals surface area (Å²) < 4.78 is 0. The third-order valence-corrected chi connectivity index (χ3v) is 4.16. The Bertz CT molecular complexity index is 647. The number of nitrogens with one attached hydrogen (secondary N) is 1. The molecule has 0 spiro atoms. The molecule has 1 N–H and O–H groups in total. The van der Waals surface area contributed by atoms with Crippen molar-refractivity contribution in [3.8, 4) is 0 Å². The van der Waals surface area contributed by atoms with Crippen LogP contribution in [-0.2, 0) is 0 Å². The minimum absolute atomic E-state index is 0.00412. The standard InChI is InChI=1S/C19H22N2O/c1-21(2)17-10-6-9-16(13-17)19(22)20-18(15-11-12-15)14-7-4-3-5-8-14/h3-10,13,15,18H,11-12H2,1-2H3,(H,20,22). The van der Waals surface area contributed by atoms with Crippen LogP contribution in [0, 0.1) is 5.92 Å². The van der Waals surface area contributed by atoms with E-state index >= 15 is 0 Å². The Labute approximate surface area is 132 Å². The van der Waals surface area contributed by atoms with Crippen molar-refractivity contribution in [2.75, 3.05) is 19.0 Å². The van der Waals surface area contributed by atoms with E-state index in [-0.39, 0.29) is 11.9 Å². The quantitative estimate of drug-likeness (QED) is 0.913. The molecule has 0 heterocycles. The van der Waals surface area contributed by atoms with Crippen molar-refractivity contribution in [3.05, 3.63) is 65.7 Å². The normalized spacial score (nSPS) is 15.2. The van der Waals surface area contributed by atoms with E-state index in [4.69, 9.17) is 0 Å². The minimum atomic E-state index is 0.00412. The van der Waals surface area contributed by atoms with Gasteiger partial charge in [-0.15, -0.1) is 0 Å². The molecule has 0 aliphatic heterocycles. The lowest BCUT2D eigenvalue weighted by atomic mass is 10.0. The number of hydrogen-bond donors (Lipinski definition) is 1. The Hall–Kier alpha value is -2.29. The summed E-state index contributed by atoms with van der Waals surface area (Å²) in [6, 6.07) is 18.1. The molecule has 0 saturated heterocycles. The van der Waals surface area contributed by atoms with Crippen LogP contribution in [0.4, 0.5) is 5.69 Å². The number of benzene rings is 2. The van der Waals surface area contributed by atoms with Crippen LogP contribution >= 0.6 is 0 Å². The topological polar surface area (TPSA) is 32.3 Å². The minimum Gasteiger partial charge on any atom is -0.378 e. The van der Waals surface area contributed by atoms with Crippen molar-refractivity contribution in [2.24, 2.45) is 5.92 Å². The van der Waals surface area contributed by atoms with Gasteiger partial charge in [0.25, 0.3) is 5.91 Å². The van der Waals surface area contributed by atoms with Gasteiger partial charge in [-0.2, -0.15) is 0 Å². The van der Waals surface area contributed by atoms with Crippen molar-refractivity contribution < 1.29 is 4.79 Å². The summed E-state index contributed by atoms with van der Waals surface area (Å²) in [4.78, 5) is 14.6. The summed E-state index contributed by atoms with van der Waals surface area (Å²) in [5.74, 6) is 0.577. The molecule has 1 amide bonds. The van der Waals surface area contributed by atoms with Gasteiger partial charge in [-0.3, -0.25) is 4.79 Å². The van der Waals surface area contributed by atoms with Crippen molar-refractivity contribution in [1.82, 2.24) is 5.32 Å². The highest BCUT2D eigenvalue weighted by Crippen LogP contribution is 2.41. The fourth-order valence-corrected chi connectivity index (χ4v) is 2.71. The highest BCUT2D eigenvalue weighted by Gasteiger charge is 2.33. The molecule has 114 valence electrons. The van der Waals surface area contributed by atoms with E-state index in [1.807, 2.05) is 61.5 Å². The molecular weight excluding hydrogens is 272 g/mol. The molecule has 1 atom stereocenters. The third-order valence-electron chi connectivity index (χ3n) is 4.16. The van der Waals surface area contributed by atoms with E-state index in [0.29, 0.717) is 11.5 Å². The molecule has 0 bridgehead atoms. The summed E-state index contributed by atoms with van der Waals surface area (Å²) in [5, 5.41) is 3.22. The van der Waals surface area contributed by atoms with Crippen LogP contribution in [0.1, 0.15) is 34.8 Å². The number of rotatable bonds is 5. The number of nitrogens with zero attached hydrogens (tertiary/aromatic N) is 1. The van der Waals surface area contributed by atoms with Gasteiger partial charge in [0.1, 0.15) is 0 Å². The van der Waals surface area contributed by atoms with E-state index in [9.17, 15) is 4.79 Å². The number of anilines is 1. The molecule has 22 heavy (non-hydrogen) atoms. The van der Waals surface area contributed by atoms with E-state index in [1.165, 1.54) is 18.4 Å². The van der Waals surface area contributed by atoms with E-state index in [2.05, 4.69) is 17.4 Å². The predicted molar refractivity (Wildman–Crippen MR) is 90.1 cm³/mol. The third kappa shape index (κ3) is 3.30. The molecule has 1 aliphatic carbocycles. The summed E-state index contributed by atoms with van der Waals surface area (Å²) in [6.07, 6.45) is 2.38. The molecule has 0 radical (unpaired) electrons. The van der Waals surface area contributed by atoms with Crippen molar-refractivity contribution >= 4 is 11.6 Å². The molecular formula is C19H22N2O. The number of carbonyl (C=O) groups excluding carboxylic acids is 1. The Morgan fingerprint density at radius 1 is 1.09 bits per heavy atom. The van der Waals surface area contributed by atoms with Crippen molar-refractivity contribution in [1.29, 1.82) is 0 Å². The fourth-order valence-electron chi connectivity index (χ4n) is 2.71. The fraction of sp³-hybridized carbons (Fsp3) is 0.316.